The highest BCUT2D eigenvalue weighted by Gasteiger charge is 2.85. The number of rotatable bonds is 8. The summed E-state index contributed by atoms with van der Waals surface area (Å²) < 4.78 is 95.6. The number of nitrogens with one attached hydrogen (secondary N) is 1. The second-order valence-corrected chi connectivity index (χ2v) is 15.5. The maximum Gasteiger partial charge on any atom is 0.373 e. The predicted molar refractivity (Wildman–Crippen MR) is 169 cm³/mol. The maximum atomic E-state index is 16.1. The first-order valence-corrected chi connectivity index (χ1v) is 17.3. The van der Waals surface area contributed by atoms with Crippen LogP contribution in [0.3, 0.4) is 0 Å². The molecule has 1 aliphatic rings. The van der Waals surface area contributed by atoms with Crippen LogP contribution in [0.4, 0.5) is 26.3 Å². The Labute approximate surface area is 271 Å². The third kappa shape index (κ3) is 4.63. The van der Waals surface area contributed by atoms with Crippen molar-refractivity contribution >= 4 is 69.3 Å². The van der Waals surface area contributed by atoms with Crippen molar-refractivity contribution < 1.29 is 35.9 Å². The van der Waals surface area contributed by atoms with E-state index in [-0.39, 0.29) is 20.9 Å². The van der Waals surface area contributed by atoms with Crippen LogP contribution in [0.15, 0.2) is 72.2 Å². The molecule has 230 valence electrons. The molecule has 0 bridgehead atoms. The van der Waals surface area contributed by atoms with Gasteiger partial charge in [-0.1, -0.05) is 6.07 Å². The normalized spacial score (nSPS) is 20.0. The second-order valence-electron chi connectivity index (χ2n) is 10.3. The largest absolute Gasteiger partial charge is 0.373 e. The number of aromatic nitrogens is 1. The van der Waals surface area contributed by atoms with Gasteiger partial charge >= 0.3 is 17.8 Å². The van der Waals surface area contributed by atoms with Crippen LogP contribution in [0.25, 0.3) is 39.8 Å². The van der Waals surface area contributed by atoms with Gasteiger partial charge in [-0.05, 0) is 71.1 Å². The fourth-order valence-electron chi connectivity index (χ4n) is 5.68. The Morgan fingerprint density at radius 3 is 1.64 bits per heavy atom. The Bertz CT molecular complexity index is 1870. The SMILES string of the molecule is O=Cc1ccc(-c2cc(C3C(c4cc(-c5ccc(C=O)s5)sc4-c4cccs4)C(F)(F)C(F)(F)C3(F)F)c(-c3ccc[nH]3)s2)s1. The van der Waals surface area contributed by atoms with Crippen molar-refractivity contribution in [2.24, 2.45) is 0 Å². The third-order valence-electron chi connectivity index (χ3n) is 7.70. The van der Waals surface area contributed by atoms with Gasteiger partial charge in [0.2, 0.25) is 0 Å². The lowest BCUT2D eigenvalue weighted by atomic mass is 9.81. The number of alkyl halides is 6. The average molecular weight is 710 g/mol. The van der Waals surface area contributed by atoms with E-state index in [1.165, 1.54) is 35.7 Å². The van der Waals surface area contributed by atoms with Crippen molar-refractivity contribution in [2.75, 3.05) is 0 Å². The van der Waals surface area contributed by atoms with E-state index in [0.717, 1.165) is 45.3 Å². The number of thiophene rings is 5. The lowest BCUT2D eigenvalue weighted by Gasteiger charge is -2.25. The fourth-order valence-corrected chi connectivity index (χ4v) is 10.8. The molecule has 14 heteroatoms. The van der Waals surface area contributed by atoms with Crippen LogP contribution < -0.4 is 0 Å². The summed E-state index contributed by atoms with van der Waals surface area (Å²) in [6.07, 6.45) is 2.78. The molecule has 0 radical (unpaired) electrons. The van der Waals surface area contributed by atoms with Gasteiger partial charge in [-0.15, -0.1) is 56.7 Å². The summed E-state index contributed by atoms with van der Waals surface area (Å²) in [5.41, 5.74) is -0.338. The zero-order valence-electron chi connectivity index (χ0n) is 22.4. The fraction of sp³-hybridized carbons (Fsp3) is 0.161. The molecule has 0 amide bonds. The molecule has 0 spiro atoms. The van der Waals surface area contributed by atoms with E-state index >= 15 is 26.3 Å². The molecule has 1 saturated carbocycles. The monoisotopic (exact) mass is 709 g/mol. The molecule has 7 rings (SSSR count). The van der Waals surface area contributed by atoms with Crippen LogP contribution in [0.1, 0.15) is 42.3 Å². The Morgan fingerprint density at radius 2 is 1.18 bits per heavy atom. The van der Waals surface area contributed by atoms with Crippen LogP contribution in [0.5, 0.6) is 0 Å². The maximum absolute atomic E-state index is 16.1. The van der Waals surface area contributed by atoms with Crippen LogP contribution in [-0.4, -0.2) is 35.3 Å². The highest BCUT2D eigenvalue weighted by atomic mass is 32.1. The Balaban J connectivity index is 1.49. The van der Waals surface area contributed by atoms with Crippen molar-refractivity contribution in [3.63, 3.8) is 0 Å². The van der Waals surface area contributed by atoms with Crippen molar-refractivity contribution in [1.29, 1.82) is 0 Å². The molecular weight excluding hydrogens is 693 g/mol. The van der Waals surface area contributed by atoms with Gasteiger partial charge in [-0.2, -0.15) is 26.3 Å². The molecule has 0 aliphatic heterocycles. The summed E-state index contributed by atoms with van der Waals surface area (Å²) in [5.74, 6) is -21.2. The van der Waals surface area contributed by atoms with Crippen LogP contribution in [0, 0.1) is 0 Å². The first-order chi connectivity index (χ1) is 21.5. The zero-order chi connectivity index (χ0) is 31.7. The second kappa shape index (κ2) is 10.9. The third-order valence-corrected chi connectivity index (χ3v) is 13.5. The molecule has 0 saturated heterocycles. The molecule has 6 aromatic rings. The minimum absolute atomic E-state index is 0.126. The van der Waals surface area contributed by atoms with Gasteiger partial charge in [0, 0.05) is 35.5 Å². The molecule has 2 atom stereocenters. The Morgan fingerprint density at radius 1 is 0.622 bits per heavy atom. The molecule has 2 unspecified atom stereocenters. The minimum Gasteiger partial charge on any atom is -0.361 e. The van der Waals surface area contributed by atoms with Gasteiger partial charge < -0.3 is 4.98 Å². The minimum atomic E-state index is -5.68. The van der Waals surface area contributed by atoms with Gasteiger partial charge in [0.05, 0.1) is 32.2 Å². The number of carbonyl (C=O) groups is 2. The summed E-state index contributed by atoms with van der Waals surface area (Å²) in [5, 5.41) is 1.69. The highest BCUT2D eigenvalue weighted by molar-refractivity contribution is 7.26. The molecule has 6 aromatic heterocycles. The topological polar surface area (TPSA) is 49.9 Å². The molecule has 1 N–H and O–H groups in total. The van der Waals surface area contributed by atoms with Gasteiger partial charge in [0.25, 0.3) is 0 Å². The lowest BCUT2D eigenvalue weighted by molar-refractivity contribution is -0.274. The number of hydrogen-bond acceptors (Lipinski definition) is 7. The van der Waals surface area contributed by atoms with E-state index < -0.39 is 29.6 Å². The predicted octanol–water partition coefficient (Wildman–Crippen LogP) is 11.4. The van der Waals surface area contributed by atoms with Crippen LogP contribution in [-0.2, 0) is 0 Å². The van der Waals surface area contributed by atoms with Gasteiger partial charge in [-0.3, -0.25) is 9.59 Å². The number of halogens is 6. The van der Waals surface area contributed by atoms with Crippen LogP contribution >= 0.6 is 56.7 Å². The summed E-state index contributed by atoms with van der Waals surface area (Å²) in [7, 11) is 0. The lowest BCUT2D eigenvalue weighted by Crippen LogP contribution is -2.48. The number of aromatic amines is 1. The number of carbonyl (C=O) groups excluding carboxylic acids is 2. The van der Waals surface area contributed by atoms with Gasteiger partial charge in [-0.25, -0.2) is 0 Å². The van der Waals surface area contributed by atoms with Gasteiger partial charge in [0.1, 0.15) is 0 Å². The van der Waals surface area contributed by atoms with Crippen molar-refractivity contribution in [3.8, 4) is 39.8 Å². The average Bonchev–Trinajstić information content (AvgIpc) is 3.85. The van der Waals surface area contributed by atoms with E-state index in [1.807, 2.05) is 0 Å². The molecule has 1 aliphatic carbocycles. The smallest absolute Gasteiger partial charge is 0.361 e. The number of hydrogen-bond donors (Lipinski definition) is 1. The summed E-state index contributed by atoms with van der Waals surface area (Å²) in [6.45, 7) is 0. The standard InChI is InChI=1S/C31H17F6NO2S5/c32-29(33)25(17-11-23(20-7-5-15(13-39)42-20)44-27(17)19-3-1-9-38-19)26(30(34,35)31(29,36)37)18-12-24(21-8-6-16(14-40)43-21)45-28(18)22-4-2-10-41-22/h1-14,25-26,38H. The zero-order valence-corrected chi connectivity index (χ0v) is 26.4. The van der Waals surface area contributed by atoms with E-state index in [4.69, 9.17) is 0 Å². The van der Waals surface area contributed by atoms with Crippen molar-refractivity contribution in [2.45, 2.75) is 29.6 Å². The summed E-state index contributed by atoms with van der Waals surface area (Å²) in [4.78, 5) is 28.9. The van der Waals surface area contributed by atoms with E-state index in [2.05, 4.69) is 4.98 Å². The Kier molecular flexibility index (Phi) is 7.36. The van der Waals surface area contributed by atoms with Crippen LogP contribution in [0.2, 0.25) is 0 Å². The van der Waals surface area contributed by atoms with Gasteiger partial charge in [0.15, 0.2) is 12.6 Å². The molecule has 0 aromatic carbocycles. The van der Waals surface area contributed by atoms with E-state index in [0.29, 0.717) is 52.4 Å². The summed E-state index contributed by atoms with van der Waals surface area (Å²) in [6, 6.07) is 15.3. The molecule has 3 nitrogen and oxygen atoms in total. The highest BCUT2D eigenvalue weighted by Crippen LogP contribution is 2.71. The Hall–Kier alpha value is -3.30. The van der Waals surface area contributed by atoms with Crippen molar-refractivity contribution in [1.82, 2.24) is 4.98 Å². The quantitative estimate of drug-likeness (QED) is 0.126. The van der Waals surface area contributed by atoms with E-state index in [9.17, 15) is 9.59 Å². The van der Waals surface area contributed by atoms with E-state index in [1.54, 1.807) is 47.8 Å². The number of aldehydes is 2. The number of H-pyrrole nitrogens is 1. The molecule has 6 heterocycles. The molecular formula is C31H17F6NO2S5. The first kappa shape index (κ1) is 30.4. The molecule has 45 heavy (non-hydrogen) atoms. The molecule has 1 fully saturated rings. The van der Waals surface area contributed by atoms with Crippen molar-refractivity contribution in [3.05, 3.63) is 93.1 Å². The summed E-state index contributed by atoms with van der Waals surface area (Å²) >= 11 is 5.38. The first-order valence-electron chi connectivity index (χ1n) is 13.2.